The van der Waals surface area contributed by atoms with Crippen LogP contribution in [-0.2, 0) is 9.59 Å². The Balaban J connectivity index is 2.98. The summed E-state index contributed by atoms with van der Waals surface area (Å²) in [5.74, 6) is -1.44. The van der Waals surface area contributed by atoms with E-state index >= 15 is 0 Å². The number of rotatable bonds is 7. The molecule has 1 aromatic heterocycles. The fourth-order valence-corrected chi connectivity index (χ4v) is 3.05. The Morgan fingerprint density at radius 3 is 2.30 bits per heavy atom. The normalized spacial score (nSPS) is 10.7. The molecule has 7 nitrogen and oxygen atoms in total. The summed E-state index contributed by atoms with van der Waals surface area (Å²) >= 11 is 1.35. The Labute approximate surface area is 139 Å². The molecule has 0 spiro atoms. The highest BCUT2D eigenvalue weighted by atomic mass is 32.1. The van der Waals surface area contributed by atoms with Crippen molar-refractivity contribution in [2.24, 2.45) is 0 Å². The standard InChI is InChI=1S/C15H23N3O4S/c1-9-10(2)23-14(16-11(19)8-17(3)4)13(9)15(22)18(5)7-6-12(20)21/h6-8H2,1-5H3,(H,16,19)(H,20,21). The highest BCUT2D eigenvalue weighted by Gasteiger charge is 2.24. The third kappa shape index (κ3) is 5.33. The molecule has 1 aromatic rings. The minimum Gasteiger partial charge on any atom is -0.481 e. The molecule has 0 fully saturated rings. The highest BCUT2D eigenvalue weighted by Crippen LogP contribution is 2.33. The first-order valence-electron chi connectivity index (χ1n) is 7.15. The molecule has 128 valence electrons. The van der Waals surface area contributed by atoms with Gasteiger partial charge in [-0.1, -0.05) is 0 Å². The summed E-state index contributed by atoms with van der Waals surface area (Å²) in [7, 11) is 5.13. The van der Waals surface area contributed by atoms with Crippen LogP contribution in [0.2, 0.25) is 0 Å². The van der Waals surface area contributed by atoms with Crippen LogP contribution in [0.3, 0.4) is 0 Å². The maximum Gasteiger partial charge on any atom is 0.305 e. The van der Waals surface area contributed by atoms with Gasteiger partial charge in [0.25, 0.3) is 5.91 Å². The van der Waals surface area contributed by atoms with Gasteiger partial charge in [0.05, 0.1) is 18.5 Å². The second-order valence-corrected chi connectivity index (χ2v) is 6.87. The van der Waals surface area contributed by atoms with Gasteiger partial charge in [0, 0.05) is 18.5 Å². The van der Waals surface area contributed by atoms with Crippen LogP contribution < -0.4 is 5.32 Å². The number of anilines is 1. The summed E-state index contributed by atoms with van der Waals surface area (Å²) in [5.41, 5.74) is 1.25. The maximum absolute atomic E-state index is 12.6. The largest absolute Gasteiger partial charge is 0.481 e. The molecule has 0 aliphatic carbocycles. The highest BCUT2D eigenvalue weighted by molar-refractivity contribution is 7.16. The third-order valence-electron chi connectivity index (χ3n) is 3.32. The molecule has 8 heteroatoms. The molecule has 0 saturated carbocycles. The summed E-state index contributed by atoms with van der Waals surface area (Å²) in [5, 5.41) is 12.0. The van der Waals surface area contributed by atoms with E-state index in [1.807, 2.05) is 13.8 Å². The molecule has 2 amide bonds. The number of nitrogens with one attached hydrogen (secondary N) is 1. The molecule has 0 saturated heterocycles. The van der Waals surface area contributed by atoms with Crippen molar-refractivity contribution in [3.8, 4) is 0 Å². The number of carbonyl (C=O) groups is 3. The summed E-state index contributed by atoms with van der Waals surface area (Å²) in [4.78, 5) is 39.2. The van der Waals surface area contributed by atoms with Crippen LogP contribution >= 0.6 is 11.3 Å². The maximum atomic E-state index is 12.6. The average molecular weight is 341 g/mol. The van der Waals surface area contributed by atoms with Crippen molar-refractivity contribution in [2.45, 2.75) is 20.3 Å². The van der Waals surface area contributed by atoms with Crippen LogP contribution in [0.15, 0.2) is 0 Å². The molecule has 0 aromatic carbocycles. The van der Waals surface area contributed by atoms with E-state index < -0.39 is 5.97 Å². The van der Waals surface area contributed by atoms with Crippen molar-refractivity contribution in [1.29, 1.82) is 0 Å². The van der Waals surface area contributed by atoms with Gasteiger partial charge in [0.1, 0.15) is 5.00 Å². The van der Waals surface area contributed by atoms with Gasteiger partial charge < -0.3 is 20.2 Å². The lowest BCUT2D eigenvalue weighted by Crippen LogP contribution is -2.31. The van der Waals surface area contributed by atoms with E-state index in [-0.39, 0.29) is 31.3 Å². The zero-order valence-electron chi connectivity index (χ0n) is 14.1. The first-order chi connectivity index (χ1) is 10.6. The monoisotopic (exact) mass is 341 g/mol. The summed E-state index contributed by atoms with van der Waals surface area (Å²) in [6.07, 6.45) is -0.118. The molecule has 0 aliphatic rings. The van der Waals surface area contributed by atoms with Crippen molar-refractivity contribution in [3.05, 3.63) is 16.0 Å². The fourth-order valence-electron chi connectivity index (χ4n) is 1.98. The SMILES string of the molecule is Cc1sc(NC(=O)CN(C)C)c(C(=O)N(C)CCC(=O)O)c1C. The molecule has 0 radical (unpaired) electrons. The van der Waals surface area contributed by atoms with E-state index in [0.717, 1.165) is 10.4 Å². The number of nitrogens with zero attached hydrogens (tertiary/aromatic N) is 2. The van der Waals surface area contributed by atoms with Crippen LogP contribution in [0.1, 0.15) is 27.2 Å². The molecule has 0 atom stereocenters. The Bertz CT molecular complexity index is 610. The van der Waals surface area contributed by atoms with Gasteiger partial charge in [-0.15, -0.1) is 11.3 Å². The van der Waals surface area contributed by atoms with E-state index in [1.165, 1.54) is 16.2 Å². The van der Waals surface area contributed by atoms with Gasteiger partial charge >= 0.3 is 5.97 Å². The number of likely N-dealkylation sites (N-methyl/N-ethyl adjacent to an activating group) is 1. The minimum absolute atomic E-state index is 0.118. The number of amides is 2. The lowest BCUT2D eigenvalue weighted by molar-refractivity contribution is -0.137. The van der Waals surface area contributed by atoms with Crippen LogP contribution in [-0.4, -0.2) is 66.9 Å². The number of carboxylic acids is 1. The van der Waals surface area contributed by atoms with Crippen molar-refractivity contribution in [2.75, 3.05) is 39.5 Å². The molecule has 1 rings (SSSR count). The summed E-state index contributed by atoms with van der Waals surface area (Å²) in [6, 6.07) is 0. The molecular formula is C15H23N3O4S. The van der Waals surface area contributed by atoms with Gasteiger partial charge in [-0.3, -0.25) is 14.4 Å². The van der Waals surface area contributed by atoms with Crippen molar-refractivity contribution >= 4 is 34.1 Å². The van der Waals surface area contributed by atoms with Gasteiger partial charge in [0.2, 0.25) is 5.91 Å². The van der Waals surface area contributed by atoms with Gasteiger partial charge in [-0.05, 0) is 33.5 Å². The number of aliphatic carboxylic acids is 1. The van der Waals surface area contributed by atoms with Crippen LogP contribution in [0.25, 0.3) is 0 Å². The number of hydrogen-bond acceptors (Lipinski definition) is 5. The number of hydrogen-bond donors (Lipinski definition) is 2. The zero-order chi connectivity index (χ0) is 17.7. The summed E-state index contributed by atoms with van der Waals surface area (Å²) < 4.78 is 0. The molecule has 23 heavy (non-hydrogen) atoms. The Hall–Kier alpha value is -1.93. The zero-order valence-corrected chi connectivity index (χ0v) is 14.9. The third-order valence-corrected chi connectivity index (χ3v) is 4.44. The smallest absolute Gasteiger partial charge is 0.305 e. The lowest BCUT2D eigenvalue weighted by atomic mass is 10.1. The van der Waals surface area contributed by atoms with Crippen LogP contribution in [0.5, 0.6) is 0 Å². The molecule has 0 aliphatic heterocycles. The number of thiophene rings is 1. The summed E-state index contributed by atoms with van der Waals surface area (Å²) in [6.45, 7) is 4.05. The lowest BCUT2D eigenvalue weighted by Gasteiger charge is -2.17. The van der Waals surface area contributed by atoms with Crippen molar-refractivity contribution in [3.63, 3.8) is 0 Å². The second kappa shape index (κ2) is 8.07. The first kappa shape index (κ1) is 19.1. The second-order valence-electron chi connectivity index (χ2n) is 5.64. The van der Waals surface area contributed by atoms with E-state index in [4.69, 9.17) is 5.11 Å². The van der Waals surface area contributed by atoms with E-state index in [9.17, 15) is 14.4 Å². The van der Waals surface area contributed by atoms with Crippen molar-refractivity contribution < 1.29 is 19.5 Å². The quantitative estimate of drug-likeness (QED) is 0.783. The Morgan fingerprint density at radius 2 is 1.78 bits per heavy atom. The topological polar surface area (TPSA) is 90.0 Å². The predicted octanol–water partition coefficient (Wildman–Crippen LogP) is 1.41. The van der Waals surface area contributed by atoms with E-state index in [1.54, 1.807) is 26.0 Å². The van der Waals surface area contributed by atoms with Crippen molar-refractivity contribution in [1.82, 2.24) is 9.80 Å². The predicted molar refractivity (Wildman–Crippen MR) is 90.2 cm³/mol. The minimum atomic E-state index is -0.956. The first-order valence-corrected chi connectivity index (χ1v) is 7.97. The van der Waals surface area contributed by atoms with Gasteiger partial charge in [-0.2, -0.15) is 0 Å². The fraction of sp³-hybridized carbons (Fsp3) is 0.533. The Kier molecular flexibility index (Phi) is 6.71. The van der Waals surface area contributed by atoms with E-state index in [0.29, 0.717) is 10.6 Å². The molecule has 2 N–H and O–H groups in total. The van der Waals surface area contributed by atoms with Crippen LogP contribution in [0.4, 0.5) is 5.00 Å². The molecular weight excluding hydrogens is 318 g/mol. The molecule has 0 unspecified atom stereocenters. The number of carboxylic acid groups (broad SMARTS) is 1. The van der Waals surface area contributed by atoms with Gasteiger partial charge in [0.15, 0.2) is 0 Å². The van der Waals surface area contributed by atoms with E-state index in [2.05, 4.69) is 5.32 Å². The van der Waals surface area contributed by atoms with Gasteiger partial charge in [-0.25, -0.2) is 0 Å². The molecule has 0 bridgehead atoms. The number of aryl methyl sites for hydroxylation is 1. The number of carbonyl (C=O) groups excluding carboxylic acids is 2. The van der Waals surface area contributed by atoms with Crippen LogP contribution in [0, 0.1) is 13.8 Å². The Morgan fingerprint density at radius 1 is 1.17 bits per heavy atom. The average Bonchev–Trinajstić information content (AvgIpc) is 2.69. The molecule has 1 heterocycles.